The van der Waals surface area contributed by atoms with Crippen LogP contribution >= 0.6 is 0 Å². The zero-order valence-corrected chi connectivity index (χ0v) is 15.7. The minimum atomic E-state index is -0.954. The van der Waals surface area contributed by atoms with E-state index in [-0.39, 0.29) is 32.2 Å². The monoisotopic (exact) mass is 377 g/mol. The number of carboxylic acids is 1. The van der Waals surface area contributed by atoms with Crippen LogP contribution in [0.1, 0.15) is 19.3 Å². The molecule has 0 bridgehead atoms. The quantitative estimate of drug-likeness (QED) is 0.154. The number of nitrogens with two attached hydrogens (primary N) is 2. The van der Waals surface area contributed by atoms with Gasteiger partial charge >= 0.3 is 5.97 Å². The van der Waals surface area contributed by atoms with Gasteiger partial charge < -0.3 is 53.9 Å². The predicted molar refractivity (Wildman–Crippen MR) is 88.7 cm³/mol. The summed E-state index contributed by atoms with van der Waals surface area (Å²) in [5.41, 5.74) is 10.4. The zero-order chi connectivity index (χ0) is 18.9. The first-order valence-corrected chi connectivity index (χ1v) is 7.55. The van der Waals surface area contributed by atoms with Gasteiger partial charge in [-0.1, -0.05) is 6.42 Å². The first kappa shape index (κ1) is 31.3. The van der Waals surface area contributed by atoms with Crippen molar-refractivity contribution in [1.29, 1.82) is 0 Å². The molecule has 0 aliphatic carbocycles. The van der Waals surface area contributed by atoms with Gasteiger partial charge in [-0.15, -0.1) is 0 Å². The number of quaternary nitrogens is 1. The Morgan fingerprint density at radius 2 is 1.54 bits per heavy atom. The number of likely N-dealkylation sites (N-methyl/N-ethyl adjacent to an activating group) is 1. The zero-order valence-electron chi connectivity index (χ0n) is 14.9. The molecule has 0 amide bonds. The largest absolute Gasteiger partial charge is 1.00 e. The molecule has 0 aliphatic rings. The summed E-state index contributed by atoms with van der Waals surface area (Å²) in [6.45, 7) is 0.989. The molecular formula is C14H36ClN3O6. The Labute approximate surface area is 150 Å². The van der Waals surface area contributed by atoms with Gasteiger partial charge in [-0.25, -0.2) is 0 Å². The number of nitrogens with zero attached hydrogens (tertiary/aromatic N) is 1. The van der Waals surface area contributed by atoms with Crippen molar-refractivity contribution in [3.63, 3.8) is 0 Å². The average Bonchev–Trinajstić information content (AvgIpc) is 2.46. The maximum absolute atomic E-state index is 10.1. The van der Waals surface area contributed by atoms with Crippen molar-refractivity contribution in [2.24, 2.45) is 11.5 Å². The van der Waals surface area contributed by atoms with Crippen LogP contribution in [0.5, 0.6) is 0 Å². The van der Waals surface area contributed by atoms with Crippen LogP contribution < -0.4 is 23.9 Å². The third kappa shape index (κ3) is 33.2. The molecule has 0 saturated carbocycles. The highest BCUT2D eigenvalue weighted by molar-refractivity contribution is 5.72. The Kier molecular flexibility index (Phi) is 26.7. The Morgan fingerprint density at radius 3 is 1.71 bits per heavy atom. The lowest BCUT2D eigenvalue weighted by Gasteiger charge is -2.21. The molecule has 1 unspecified atom stereocenters. The lowest BCUT2D eigenvalue weighted by molar-refractivity contribution is -0.870. The second-order valence-electron chi connectivity index (χ2n) is 5.99. The molecule has 0 heterocycles. The third-order valence-corrected chi connectivity index (χ3v) is 2.48. The first-order chi connectivity index (χ1) is 10.5. The molecular weight excluding hydrogens is 342 g/mol. The number of carboxylic acid groups (broad SMARTS) is 1. The SMILES string of the molecule is C[N+](C)(C)CCO.NCCCCC(N)C(=O)O.OCC(O)CO.[Cl-]. The van der Waals surface area contributed by atoms with Crippen LogP contribution in [0.2, 0.25) is 0 Å². The molecule has 0 aromatic rings. The lowest BCUT2D eigenvalue weighted by atomic mass is 10.1. The topological polar surface area (TPSA) is 170 Å². The smallest absolute Gasteiger partial charge is 0.320 e. The average molecular weight is 378 g/mol. The molecule has 150 valence electrons. The highest BCUT2D eigenvalue weighted by Gasteiger charge is 2.09. The van der Waals surface area contributed by atoms with Crippen molar-refractivity contribution in [3.05, 3.63) is 0 Å². The standard InChI is InChI=1S/C6H14N2O2.C5H14NO.C3H8O3.ClH/c7-4-2-1-3-5(8)6(9)10;1-6(2,3)4-5-7;4-1-3(6)2-5;/h5H,1-4,7-8H2,(H,9,10);7H,4-5H2,1-3H3;3-6H,1-2H2;1H/q;+1;;/p-1. The van der Waals surface area contributed by atoms with Gasteiger partial charge in [-0.05, 0) is 19.4 Å². The summed E-state index contributed by atoms with van der Waals surface area (Å²) in [7, 11) is 6.16. The number of aliphatic hydroxyl groups is 4. The van der Waals surface area contributed by atoms with Gasteiger partial charge in [-0.3, -0.25) is 4.79 Å². The van der Waals surface area contributed by atoms with E-state index in [1.165, 1.54) is 0 Å². The summed E-state index contributed by atoms with van der Waals surface area (Å²) in [5.74, 6) is -0.933. The molecule has 0 aromatic heterocycles. The fraction of sp³-hybridized carbons (Fsp3) is 0.929. The number of unbranched alkanes of at least 4 members (excludes halogenated alkanes) is 1. The van der Waals surface area contributed by atoms with Crippen molar-refractivity contribution in [2.45, 2.75) is 31.4 Å². The number of hydrogen-bond acceptors (Lipinski definition) is 7. The molecule has 10 heteroatoms. The number of rotatable bonds is 9. The second-order valence-corrected chi connectivity index (χ2v) is 5.99. The number of hydrogen-bond donors (Lipinski definition) is 7. The minimum Gasteiger partial charge on any atom is -1.00 e. The maximum Gasteiger partial charge on any atom is 0.320 e. The molecule has 0 radical (unpaired) electrons. The van der Waals surface area contributed by atoms with Crippen LogP contribution in [-0.2, 0) is 4.79 Å². The fourth-order valence-corrected chi connectivity index (χ4v) is 0.990. The predicted octanol–water partition coefficient (Wildman–Crippen LogP) is -5.45. The molecule has 9 N–H and O–H groups in total. The van der Waals surface area contributed by atoms with Crippen molar-refractivity contribution in [2.75, 3.05) is 54.1 Å². The summed E-state index contributed by atoms with van der Waals surface area (Å²) in [6.07, 6.45) is 1.21. The molecule has 0 rings (SSSR count). The van der Waals surface area contributed by atoms with E-state index in [4.69, 9.17) is 37.0 Å². The van der Waals surface area contributed by atoms with Crippen LogP contribution in [0, 0.1) is 0 Å². The van der Waals surface area contributed by atoms with Crippen LogP contribution in [0.3, 0.4) is 0 Å². The Morgan fingerprint density at radius 1 is 1.08 bits per heavy atom. The summed E-state index contributed by atoms with van der Waals surface area (Å²) in [5, 5.41) is 40.7. The summed E-state index contributed by atoms with van der Waals surface area (Å²) in [4.78, 5) is 10.1. The van der Waals surface area contributed by atoms with Gasteiger partial charge in [-0.2, -0.15) is 0 Å². The number of carbonyl (C=O) groups is 1. The number of aliphatic carboxylic acids is 1. The van der Waals surface area contributed by atoms with Crippen molar-refractivity contribution >= 4 is 5.97 Å². The molecule has 0 aliphatic heterocycles. The maximum atomic E-state index is 10.1. The van der Waals surface area contributed by atoms with E-state index in [0.717, 1.165) is 23.9 Å². The summed E-state index contributed by atoms with van der Waals surface area (Å²) >= 11 is 0. The van der Waals surface area contributed by atoms with Gasteiger partial charge in [0.25, 0.3) is 0 Å². The fourth-order valence-electron chi connectivity index (χ4n) is 0.990. The second kappa shape index (κ2) is 20.5. The highest BCUT2D eigenvalue weighted by Crippen LogP contribution is 1.96. The van der Waals surface area contributed by atoms with E-state index in [2.05, 4.69) is 21.1 Å². The van der Waals surface area contributed by atoms with E-state index in [1.807, 2.05) is 0 Å². The molecule has 9 nitrogen and oxygen atoms in total. The van der Waals surface area contributed by atoms with E-state index in [9.17, 15) is 4.79 Å². The van der Waals surface area contributed by atoms with E-state index in [0.29, 0.717) is 13.0 Å². The molecule has 0 saturated heterocycles. The summed E-state index contributed by atoms with van der Waals surface area (Å²) < 4.78 is 0.844. The Balaban J connectivity index is -0.000000127. The Hall–Kier alpha value is -0.520. The molecule has 0 fully saturated rings. The van der Waals surface area contributed by atoms with E-state index >= 15 is 0 Å². The lowest BCUT2D eigenvalue weighted by Crippen LogP contribution is -3.00. The van der Waals surface area contributed by atoms with Gasteiger partial charge in [0.05, 0.1) is 41.0 Å². The summed E-state index contributed by atoms with van der Waals surface area (Å²) in [6, 6.07) is -0.716. The van der Waals surface area contributed by atoms with Crippen LogP contribution in [-0.4, -0.2) is 102 Å². The molecule has 24 heavy (non-hydrogen) atoms. The van der Waals surface area contributed by atoms with Crippen LogP contribution in [0.25, 0.3) is 0 Å². The van der Waals surface area contributed by atoms with Crippen molar-refractivity contribution < 1.29 is 47.2 Å². The first-order valence-electron chi connectivity index (χ1n) is 7.55. The molecule has 1 atom stereocenters. The van der Waals surface area contributed by atoms with Crippen LogP contribution in [0.15, 0.2) is 0 Å². The number of halogens is 1. The third-order valence-electron chi connectivity index (χ3n) is 2.48. The molecule has 0 aromatic carbocycles. The molecule has 0 spiro atoms. The highest BCUT2D eigenvalue weighted by atomic mass is 35.5. The normalized spacial score (nSPS) is 11.4. The van der Waals surface area contributed by atoms with Crippen LogP contribution in [0.4, 0.5) is 0 Å². The van der Waals surface area contributed by atoms with Crippen molar-refractivity contribution in [1.82, 2.24) is 0 Å². The van der Waals surface area contributed by atoms with Gasteiger partial charge in [0.2, 0.25) is 0 Å². The Bertz CT molecular complexity index is 263. The minimum absolute atomic E-state index is 0. The van der Waals surface area contributed by atoms with Crippen molar-refractivity contribution in [3.8, 4) is 0 Å². The van der Waals surface area contributed by atoms with E-state index in [1.54, 1.807) is 0 Å². The van der Waals surface area contributed by atoms with Gasteiger partial charge in [0.15, 0.2) is 0 Å². The van der Waals surface area contributed by atoms with Gasteiger partial charge in [0.1, 0.15) is 18.7 Å². The number of aliphatic hydroxyl groups excluding tert-OH is 4. The van der Waals surface area contributed by atoms with Gasteiger partial charge in [0, 0.05) is 0 Å². The van der Waals surface area contributed by atoms with E-state index < -0.39 is 18.1 Å².